The molecule has 0 fully saturated rings. The molecule has 0 saturated carbocycles. The van der Waals surface area contributed by atoms with Gasteiger partial charge in [0.05, 0.1) is 0 Å². The van der Waals surface area contributed by atoms with Gasteiger partial charge in [-0.15, -0.1) is 0 Å². The van der Waals surface area contributed by atoms with Gasteiger partial charge in [-0.25, -0.2) is 9.97 Å². The lowest BCUT2D eigenvalue weighted by Gasteiger charge is -2.06. The number of ether oxygens (including phenoxy) is 1. The number of fused-ring (bicyclic) bond motifs is 1. The summed E-state index contributed by atoms with van der Waals surface area (Å²) < 4.78 is 10.9. The third-order valence-corrected chi connectivity index (χ3v) is 3.72. The van der Waals surface area contributed by atoms with Gasteiger partial charge in [-0.1, -0.05) is 35.0 Å². The largest absolute Gasteiger partial charge is 0.382 e. The Hall–Kier alpha value is -2.47. The lowest BCUT2D eigenvalue weighted by atomic mass is 10.1. The van der Waals surface area contributed by atoms with E-state index in [9.17, 15) is 0 Å². The zero-order valence-electron chi connectivity index (χ0n) is 14.3. The second kappa shape index (κ2) is 7.40. The van der Waals surface area contributed by atoms with Crippen molar-refractivity contribution < 1.29 is 9.26 Å². The topological polar surface area (TPSA) is 73.1 Å². The molecule has 0 spiro atoms. The molecule has 0 unspecified atom stereocenters. The molecule has 0 amide bonds. The Morgan fingerprint density at radius 2 is 1.92 bits per heavy atom. The summed E-state index contributed by atoms with van der Waals surface area (Å²) in [5.41, 5.74) is 4.26. The second-order valence-corrected chi connectivity index (χ2v) is 5.67. The first-order valence-corrected chi connectivity index (χ1v) is 8.21. The summed E-state index contributed by atoms with van der Waals surface area (Å²) in [4.78, 5) is 8.96. The molecular formula is C18H22N4O2. The van der Waals surface area contributed by atoms with E-state index in [1.54, 1.807) is 0 Å². The molecule has 6 nitrogen and oxygen atoms in total. The van der Waals surface area contributed by atoms with Crippen LogP contribution in [0.1, 0.15) is 24.7 Å². The van der Waals surface area contributed by atoms with Gasteiger partial charge in [0, 0.05) is 25.3 Å². The average Bonchev–Trinajstić information content (AvgIpc) is 2.99. The van der Waals surface area contributed by atoms with Gasteiger partial charge >= 0.3 is 0 Å². The van der Waals surface area contributed by atoms with Gasteiger partial charge in [-0.05, 0) is 27.2 Å². The fraction of sp³-hybridized carbons (Fsp3) is 0.389. The SMILES string of the molecule is CCOCCCNc1nc(C)nc2c(-c3ccc(C)cc3)noc12. The highest BCUT2D eigenvalue weighted by Gasteiger charge is 2.17. The number of benzene rings is 1. The van der Waals surface area contributed by atoms with Gasteiger partial charge in [0.25, 0.3) is 0 Å². The molecule has 0 radical (unpaired) electrons. The first-order chi connectivity index (χ1) is 11.7. The monoisotopic (exact) mass is 326 g/mol. The molecule has 0 saturated heterocycles. The van der Waals surface area contributed by atoms with Crippen LogP contribution in [0, 0.1) is 13.8 Å². The minimum atomic E-state index is 0.590. The average molecular weight is 326 g/mol. The Balaban J connectivity index is 1.88. The van der Waals surface area contributed by atoms with Crippen LogP contribution in [-0.4, -0.2) is 34.9 Å². The van der Waals surface area contributed by atoms with Crippen LogP contribution in [0.4, 0.5) is 5.82 Å². The van der Waals surface area contributed by atoms with Crippen LogP contribution in [-0.2, 0) is 4.74 Å². The van der Waals surface area contributed by atoms with E-state index >= 15 is 0 Å². The van der Waals surface area contributed by atoms with Gasteiger partial charge in [-0.3, -0.25) is 0 Å². The highest BCUT2D eigenvalue weighted by atomic mass is 16.5. The summed E-state index contributed by atoms with van der Waals surface area (Å²) in [6, 6.07) is 8.16. The predicted octanol–water partition coefficient (Wildman–Crippen LogP) is 3.74. The minimum Gasteiger partial charge on any atom is -0.382 e. The summed E-state index contributed by atoms with van der Waals surface area (Å²) >= 11 is 0. The van der Waals surface area contributed by atoms with Crippen LogP contribution in [0.2, 0.25) is 0 Å². The maximum atomic E-state index is 5.53. The van der Waals surface area contributed by atoms with E-state index in [1.807, 2.05) is 26.0 Å². The third-order valence-electron chi connectivity index (χ3n) is 3.72. The van der Waals surface area contributed by atoms with Crippen LogP contribution in [0.3, 0.4) is 0 Å². The van der Waals surface area contributed by atoms with Gasteiger partial charge in [0.2, 0.25) is 5.58 Å². The highest BCUT2D eigenvalue weighted by molar-refractivity contribution is 5.93. The van der Waals surface area contributed by atoms with Crippen molar-refractivity contribution in [2.45, 2.75) is 27.2 Å². The Kier molecular flexibility index (Phi) is 5.05. The molecule has 0 aliphatic rings. The van der Waals surface area contributed by atoms with E-state index in [2.05, 4.69) is 39.5 Å². The second-order valence-electron chi connectivity index (χ2n) is 5.67. The fourth-order valence-electron chi connectivity index (χ4n) is 2.49. The van der Waals surface area contributed by atoms with Crippen molar-refractivity contribution in [2.75, 3.05) is 25.1 Å². The molecule has 0 aliphatic heterocycles. The molecule has 0 atom stereocenters. The van der Waals surface area contributed by atoms with Gasteiger partial charge in [-0.2, -0.15) is 0 Å². The van der Waals surface area contributed by atoms with Crippen molar-refractivity contribution in [3.8, 4) is 11.3 Å². The first-order valence-electron chi connectivity index (χ1n) is 8.21. The summed E-state index contributed by atoms with van der Waals surface area (Å²) in [7, 11) is 0. The van der Waals surface area contributed by atoms with E-state index in [-0.39, 0.29) is 0 Å². The van der Waals surface area contributed by atoms with E-state index in [4.69, 9.17) is 9.26 Å². The maximum Gasteiger partial charge on any atom is 0.228 e. The van der Waals surface area contributed by atoms with Gasteiger partial charge in [0.1, 0.15) is 17.0 Å². The lowest BCUT2D eigenvalue weighted by molar-refractivity contribution is 0.147. The first kappa shape index (κ1) is 16.4. The van der Waals surface area contributed by atoms with Crippen molar-refractivity contribution in [3.05, 3.63) is 35.7 Å². The Morgan fingerprint density at radius 3 is 2.67 bits per heavy atom. The quantitative estimate of drug-likeness (QED) is 0.667. The Morgan fingerprint density at radius 1 is 1.12 bits per heavy atom. The van der Waals surface area contributed by atoms with Gasteiger partial charge in [0.15, 0.2) is 5.82 Å². The number of anilines is 1. The van der Waals surface area contributed by atoms with E-state index in [0.29, 0.717) is 17.2 Å². The van der Waals surface area contributed by atoms with Crippen molar-refractivity contribution >= 4 is 16.9 Å². The molecule has 3 aromatic rings. The normalized spacial score (nSPS) is 11.1. The number of hydrogen-bond donors (Lipinski definition) is 1. The Bertz CT molecular complexity index is 812. The summed E-state index contributed by atoms with van der Waals surface area (Å²) in [6.45, 7) is 8.14. The molecule has 6 heteroatoms. The number of aryl methyl sites for hydroxylation is 2. The number of aromatic nitrogens is 3. The fourth-order valence-corrected chi connectivity index (χ4v) is 2.49. The zero-order valence-corrected chi connectivity index (χ0v) is 14.3. The number of nitrogens with one attached hydrogen (secondary N) is 1. The zero-order chi connectivity index (χ0) is 16.9. The van der Waals surface area contributed by atoms with Crippen molar-refractivity contribution in [1.82, 2.24) is 15.1 Å². The van der Waals surface area contributed by atoms with Crippen molar-refractivity contribution in [2.24, 2.45) is 0 Å². The van der Waals surface area contributed by atoms with E-state index in [1.165, 1.54) is 5.56 Å². The van der Waals surface area contributed by atoms with Crippen molar-refractivity contribution in [1.29, 1.82) is 0 Å². The summed E-state index contributed by atoms with van der Waals surface area (Å²) in [5.74, 6) is 1.37. The number of rotatable bonds is 7. The maximum absolute atomic E-state index is 5.53. The van der Waals surface area contributed by atoms with Crippen LogP contribution in [0.25, 0.3) is 22.4 Å². The molecular weight excluding hydrogens is 304 g/mol. The molecule has 2 aromatic heterocycles. The van der Waals surface area contributed by atoms with Crippen LogP contribution in [0.15, 0.2) is 28.8 Å². The minimum absolute atomic E-state index is 0.590. The van der Waals surface area contributed by atoms with Crippen LogP contribution in [0.5, 0.6) is 0 Å². The van der Waals surface area contributed by atoms with Crippen LogP contribution >= 0.6 is 0 Å². The van der Waals surface area contributed by atoms with Gasteiger partial charge < -0.3 is 14.6 Å². The summed E-state index contributed by atoms with van der Waals surface area (Å²) in [6.07, 6.45) is 0.900. The number of nitrogens with zero attached hydrogens (tertiary/aromatic N) is 3. The molecule has 1 N–H and O–H groups in total. The standard InChI is InChI=1S/C18H22N4O2/c1-4-23-11-5-10-19-18-17-16(20-13(3)21-18)15(22-24-17)14-8-6-12(2)7-9-14/h6-9H,4-5,10-11H2,1-3H3,(H,19,20,21). The van der Waals surface area contributed by atoms with E-state index < -0.39 is 0 Å². The third kappa shape index (κ3) is 3.54. The van der Waals surface area contributed by atoms with E-state index in [0.717, 1.165) is 43.0 Å². The lowest BCUT2D eigenvalue weighted by Crippen LogP contribution is -2.08. The molecule has 3 rings (SSSR count). The molecule has 24 heavy (non-hydrogen) atoms. The Labute approximate surface area is 141 Å². The van der Waals surface area contributed by atoms with Crippen molar-refractivity contribution in [3.63, 3.8) is 0 Å². The number of hydrogen-bond acceptors (Lipinski definition) is 6. The molecule has 0 bridgehead atoms. The molecule has 2 heterocycles. The molecule has 1 aromatic carbocycles. The molecule has 0 aliphatic carbocycles. The highest BCUT2D eigenvalue weighted by Crippen LogP contribution is 2.30. The smallest absolute Gasteiger partial charge is 0.228 e. The summed E-state index contributed by atoms with van der Waals surface area (Å²) in [5, 5.41) is 7.51. The molecule has 126 valence electrons. The predicted molar refractivity (Wildman–Crippen MR) is 94.1 cm³/mol. The van der Waals surface area contributed by atoms with Crippen LogP contribution < -0.4 is 5.32 Å².